The van der Waals surface area contributed by atoms with Crippen molar-refractivity contribution in [1.82, 2.24) is 0 Å². The number of rotatable bonds is 45. The minimum atomic E-state index is -1.55. The molecule has 70 heavy (non-hydrogen) atoms. The van der Waals surface area contributed by atoms with Crippen LogP contribution in [-0.2, 0) is 23.7 Å². The van der Waals surface area contributed by atoms with E-state index in [1.54, 1.807) is 0 Å². The minimum Gasteiger partial charge on any atom is -0.457 e. The quantitative estimate of drug-likeness (QED) is 0.0267. The fourth-order valence-electron chi connectivity index (χ4n) is 7.40. The molecule has 6 unspecified atom stereocenters. The Balaban J connectivity index is 2.24. The van der Waals surface area contributed by atoms with Crippen molar-refractivity contribution < 1.29 is 44.2 Å². The van der Waals surface area contributed by atoms with Gasteiger partial charge in [-0.15, -0.1) is 0 Å². The van der Waals surface area contributed by atoms with Crippen LogP contribution in [0.5, 0.6) is 0 Å². The lowest BCUT2D eigenvalue weighted by Gasteiger charge is -2.39. The van der Waals surface area contributed by atoms with Crippen LogP contribution in [-0.4, -0.2) is 89.6 Å². The highest BCUT2D eigenvalue weighted by atomic mass is 16.7. The fourth-order valence-corrected chi connectivity index (χ4v) is 7.40. The van der Waals surface area contributed by atoms with Crippen molar-refractivity contribution >= 4 is 5.97 Å². The second kappa shape index (κ2) is 50.3. The van der Waals surface area contributed by atoms with Gasteiger partial charge in [-0.3, -0.25) is 4.79 Å². The molecule has 4 N–H and O–H groups in total. The number of allylic oxidation sites excluding steroid dienone is 22. The van der Waals surface area contributed by atoms with E-state index in [1.165, 1.54) is 38.5 Å². The van der Waals surface area contributed by atoms with Crippen LogP contribution in [0, 0.1) is 0 Å². The van der Waals surface area contributed by atoms with Gasteiger partial charge in [-0.25, -0.2) is 0 Å². The molecule has 1 aliphatic heterocycles. The van der Waals surface area contributed by atoms with Crippen molar-refractivity contribution in [2.75, 3.05) is 26.4 Å². The second-order valence-electron chi connectivity index (χ2n) is 17.9. The van der Waals surface area contributed by atoms with Crippen LogP contribution < -0.4 is 0 Å². The Kier molecular flexibility index (Phi) is 46.2. The average Bonchev–Trinajstić information content (AvgIpc) is 3.36. The van der Waals surface area contributed by atoms with Crippen molar-refractivity contribution in [1.29, 1.82) is 0 Å². The van der Waals surface area contributed by atoms with Crippen molar-refractivity contribution in [3.8, 4) is 0 Å². The van der Waals surface area contributed by atoms with E-state index in [1.807, 2.05) is 0 Å². The Bertz CT molecular complexity index is 1530. The Hall–Kier alpha value is -3.67. The summed E-state index contributed by atoms with van der Waals surface area (Å²) >= 11 is 0. The number of carbonyl (C=O) groups is 1. The van der Waals surface area contributed by atoms with E-state index >= 15 is 0 Å². The highest BCUT2D eigenvalue weighted by Gasteiger charge is 2.44. The summed E-state index contributed by atoms with van der Waals surface area (Å²) in [5, 5.41) is 40.3. The van der Waals surface area contributed by atoms with E-state index in [0.717, 1.165) is 116 Å². The van der Waals surface area contributed by atoms with Gasteiger partial charge in [0.1, 0.15) is 30.5 Å². The normalized spacial score (nSPS) is 20.0. The van der Waals surface area contributed by atoms with Crippen LogP contribution in [0.1, 0.15) is 181 Å². The summed E-state index contributed by atoms with van der Waals surface area (Å²) in [5.74, 6) is -0.353. The van der Waals surface area contributed by atoms with Crippen molar-refractivity contribution in [2.24, 2.45) is 0 Å². The zero-order valence-electron chi connectivity index (χ0n) is 43.7. The number of unbranched alkanes of at least 4 members (excludes halogenated alkanes) is 12. The van der Waals surface area contributed by atoms with Gasteiger partial charge >= 0.3 is 5.97 Å². The summed E-state index contributed by atoms with van der Waals surface area (Å²) < 4.78 is 22.9. The van der Waals surface area contributed by atoms with Gasteiger partial charge in [-0.2, -0.15) is 0 Å². The van der Waals surface area contributed by atoms with Gasteiger partial charge in [0, 0.05) is 13.0 Å². The Morgan fingerprint density at radius 2 is 0.829 bits per heavy atom. The van der Waals surface area contributed by atoms with Crippen molar-refractivity contribution in [3.63, 3.8) is 0 Å². The topological polar surface area (TPSA) is 135 Å². The largest absolute Gasteiger partial charge is 0.457 e. The number of carbonyl (C=O) groups excluding carboxylic acids is 1. The molecular weight excluding hydrogens is 877 g/mol. The van der Waals surface area contributed by atoms with Crippen LogP contribution >= 0.6 is 0 Å². The number of aliphatic hydroxyl groups is 4. The predicted octanol–water partition coefficient (Wildman–Crippen LogP) is 14.0. The number of esters is 1. The maximum absolute atomic E-state index is 12.9. The molecule has 0 spiro atoms. The minimum absolute atomic E-state index is 0.117. The Labute approximate surface area is 426 Å². The SMILES string of the molecule is CC/C=C\C/C=C\C/C=C\C/C=C\C/C=C\C/C=C\C/C=C\CCCCCC(=O)OC(COCCCCCCCCCCC/C=C\C/C=C\C/C=C\C/C=C\CC)COC1OC(CO)C(O)C(O)C1O. The lowest BCUT2D eigenvalue weighted by atomic mass is 9.99. The molecule has 0 amide bonds. The molecule has 1 heterocycles. The van der Waals surface area contributed by atoms with E-state index in [9.17, 15) is 25.2 Å². The third-order valence-corrected chi connectivity index (χ3v) is 11.6. The standard InChI is InChI=1S/C61H98O9/c1-3-5-7-9-11-13-15-17-19-21-23-25-27-28-29-30-32-34-36-38-40-42-44-46-48-50-57(63)69-55(54-68-61-60(66)59(65)58(64)56(52-62)70-61)53-67-51-49-47-45-43-41-39-37-35-33-31-26-24-22-20-18-16-14-12-10-8-6-4-2/h5-8,11-14,17-20,23-26,28-29,32,34,38,40,55-56,58-62,64-66H,3-4,9-10,15-16,21-22,27,30-31,33,35-37,39,41-54H2,1-2H3/b7-5-,8-6-,13-11-,14-12-,19-17-,20-18-,25-23-,26-24-,29-28-,34-32-,40-38-. The van der Waals surface area contributed by atoms with Gasteiger partial charge in [0.05, 0.1) is 19.8 Å². The lowest BCUT2D eigenvalue weighted by Crippen LogP contribution is -2.59. The molecular formula is C61H98O9. The van der Waals surface area contributed by atoms with E-state index in [4.69, 9.17) is 18.9 Å². The summed E-state index contributed by atoms with van der Waals surface area (Å²) in [6.45, 7) is 4.26. The maximum Gasteiger partial charge on any atom is 0.306 e. The lowest BCUT2D eigenvalue weighted by molar-refractivity contribution is -0.305. The molecule has 0 radical (unpaired) electrons. The van der Waals surface area contributed by atoms with Gasteiger partial charge in [0.25, 0.3) is 0 Å². The molecule has 1 aliphatic rings. The summed E-state index contributed by atoms with van der Waals surface area (Å²) in [4.78, 5) is 12.9. The molecule has 0 bridgehead atoms. The van der Waals surface area contributed by atoms with Crippen LogP contribution in [0.3, 0.4) is 0 Å². The van der Waals surface area contributed by atoms with Crippen LogP contribution in [0.4, 0.5) is 0 Å². The average molecular weight is 975 g/mol. The van der Waals surface area contributed by atoms with E-state index < -0.39 is 43.4 Å². The fraction of sp³-hybridized carbons (Fsp3) is 0.623. The molecule has 0 aromatic heterocycles. The van der Waals surface area contributed by atoms with Crippen LogP contribution in [0.2, 0.25) is 0 Å². The molecule has 0 saturated carbocycles. The predicted molar refractivity (Wildman–Crippen MR) is 292 cm³/mol. The molecule has 0 aromatic carbocycles. The van der Waals surface area contributed by atoms with Gasteiger partial charge in [-0.05, 0) is 109 Å². The first kappa shape index (κ1) is 64.3. The van der Waals surface area contributed by atoms with Gasteiger partial charge in [-0.1, -0.05) is 199 Å². The number of hydrogen-bond acceptors (Lipinski definition) is 9. The molecule has 396 valence electrons. The maximum atomic E-state index is 12.9. The summed E-state index contributed by atoms with van der Waals surface area (Å²) in [5.41, 5.74) is 0. The first-order valence-corrected chi connectivity index (χ1v) is 27.3. The highest BCUT2D eigenvalue weighted by molar-refractivity contribution is 5.69. The molecule has 0 aliphatic carbocycles. The second-order valence-corrected chi connectivity index (χ2v) is 17.9. The monoisotopic (exact) mass is 975 g/mol. The molecule has 9 heteroatoms. The Morgan fingerprint density at radius 3 is 1.24 bits per heavy atom. The third-order valence-electron chi connectivity index (χ3n) is 11.6. The van der Waals surface area contributed by atoms with Crippen molar-refractivity contribution in [3.05, 3.63) is 134 Å². The smallest absolute Gasteiger partial charge is 0.306 e. The molecule has 6 atom stereocenters. The van der Waals surface area contributed by atoms with Crippen LogP contribution in [0.25, 0.3) is 0 Å². The Morgan fingerprint density at radius 1 is 0.457 bits per heavy atom. The third kappa shape index (κ3) is 40.0. The summed E-state index contributed by atoms with van der Waals surface area (Å²) in [6.07, 6.45) is 67.7. The van der Waals surface area contributed by atoms with Gasteiger partial charge in [0.15, 0.2) is 6.29 Å². The van der Waals surface area contributed by atoms with E-state index in [-0.39, 0.29) is 25.6 Å². The van der Waals surface area contributed by atoms with Crippen LogP contribution in [0.15, 0.2) is 134 Å². The zero-order chi connectivity index (χ0) is 50.6. The highest BCUT2D eigenvalue weighted by Crippen LogP contribution is 2.22. The van der Waals surface area contributed by atoms with Crippen molar-refractivity contribution in [2.45, 2.75) is 218 Å². The molecule has 1 rings (SSSR count). The first-order valence-electron chi connectivity index (χ1n) is 27.3. The number of ether oxygens (including phenoxy) is 4. The summed E-state index contributed by atoms with van der Waals surface area (Å²) in [6, 6.07) is 0. The van der Waals surface area contributed by atoms with Gasteiger partial charge in [0.2, 0.25) is 0 Å². The molecule has 1 saturated heterocycles. The molecule has 9 nitrogen and oxygen atoms in total. The molecule has 1 fully saturated rings. The summed E-state index contributed by atoms with van der Waals surface area (Å²) in [7, 11) is 0. The van der Waals surface area contributed by atoms with E-state index in [2.05, 4.69) is 148 Å². The number of hydrogen-bond donors (Lipinski definition) is 4. The van der Waals surface area contributed by atoms with E-state index in [0.29, 0.717) is 13.0 Å². The molecule has 0 aromatic rings. The first-order chi connectivity index (χ1) is 34.4. The number of aliphatic hydroxyl groups excluding tert-OH is 4. The van der Waals surface area contributed by atoms with Gasteiger partial charge < -0.3 is 39.4 Å². The zero-order valence-corrected chi connectivity index (χ0v) is 43.7.